The molecule has 3 rings (SSSR count). The van der Waals surface area contributed by atoms with Gasteiger partial charge in [0, 0.05) is 25.4 Å². The van der Waals surface area contributed by atoms with Gasteiger partial charge in [-0.05, 0) is 49.8 Å². The molecule has 1 saturated heterocycles. The fourth-order valence-corrected chi connectivity index (χ4v) is 3.68. The second-order valence-corrected chi connectivity index (χ2v) is 6.91. The third-order valence-corrected chi connectivity index (χ3v) is 5.06. The summed E-state index contributed by atoms with van der Waals surface area (Å²) in [7, 11) is 0. The van der Waals surface area contributed by atoms with E-state index in [0.29, 0.717) is 25.9 Å². The van der Waals surface area contributed by atoms with Crippen LogP contribution in [0.15, 0.2) is 36.4 Å². The number of carbonyl (C=O) groups is 2. The highest BCUT2D eigenvalue weighted by molar-refractivity contribution is 5.80. The molecular weight excluding hydrogens is 319 g/mol. The fraction of sp³-hybridized carbons (Fsp3) is 0.500. The van der Waals surface area contributed by atoms with Gasteiger partial charge in [-0.25, -0.2) is 4.39 Å². The molecule has 0 saturated carbocycles. The zero-order valence-corrected chi connectivity index (χ0v) is 14.4. The van der Waals surface area contributed by atoms with Gasteiger partial charge in [0.15, 0.2) is 0 Å². The lowest BCUT2D eigenvalue weighted by molar-refractivity contribution is -0.131. The predicted molar refractivity (Wildman–Crippen MR) is 94.3 cm³/mol. The lowest BCUT2D eigenvalue weighted by Crippen LogP contribution is -2.47. The minimum atomic E-state index is -0.276. The maximum Gasteiger partial charge on any atom is 0.223 e. The quantitative estimate of drug-likeness (QED) is 0.807. The van der Waals surface area contributed by atoms with E-state index in [1.807, 2.05) is 11.0 Å². The zero-order valence-electron chi connectivity index (χ0n) is 14.4. The van der Waals surface area contributed by atoms with Crippen molar-refractivity contribution in [1.82, 2.24) is 10.2 Å². The van der Waals surface area contributed by atoms with Gasteiger partial charge in [0.1, 0.15) is 5.82 Å². The molecule has 0 bridgehead atoms. The Morgan fingerprint density at radius 2 is 2.24 bits per heavy atom. The van der Waals surface area contributed by atoms with E-state index in [4.69, 9.17) is 0 Å². The van der Waals surface area contributed by atoms with Gasteiger partial charge < -0.3 is 10.2 Å². The van der Waals surface area contributed by atoms with E-state index in [1.54, 1.807) is 6.07 Å². The number of allylic oxidation sites excluding steroid dienone is 2. The molecule has 2 amide bonds. The van der Waals surface area contributed by atoms with Gasteiger partial charge in [-0.3, -0.25) is 9.59 Å². The van der Waals surface area contributed by atoms with Crippen molar-refractivity contribution in [2.24, 2.45) is 5.92 Å². The van der Waals surface area contributed by atoms with Crippen LogP contribution >= 0.6 is 0 Å². The number of hydrogen-bond acceptors (Lipinski definition) is 2. The molecule has 4 nitrogen and oxygen atoms in total. The van der Waals surface area contributed by atoms with Crippen molar-refractivity contribution < 1.29 is 14.0 Å². The van der Waals surface area contributed by atoms with E-state index < -0.39 is 0 Å². The summed E-state index contributed by atoms with van der Waals surface area (Å²) in [5.41, 5.74) is 0.847. The molecule has 2 aliphatic rings. The van der Waals surface area contributed by atoms with E-state index in [9.17, 15) is 14.0 Å². The van der Waals surface area contributed by atoms with Crippen molar-refractivity contribution in [3.63, 3.8) is 0 Å². The first-order chi connectivity index (χ1) is 12.1. The highest BCUT2D eigenvalue weighted by Gasteiger charge is 2.29. The largest absolute Gasteiger partial charge is 0.354 e. The molecule has 0 spiro atoms. The van der Waals surface area contributed by atoms with Crippen LogP contribution in [0.4, 0.5) is 4.39 Å². The zero-order chi connectivity index (χ0) is 17.6. The summed E-state index contributed by atoms with van der Waals surface area (Å²) in [5, 5.41) is 3.02. The van der Waals surface area contributed by atoms with Crippen molar-refractivity contribution in [1.29, 1.82) is 0 Å². The fourth-order valence-electron chi connectivity index (χ4n) is 3.68. The van der Waals surface area contributed by atoms with Crippen LogP contribution in [-0.2, 0) is 16.0 Å². The van der Waals surface area contributed by atoms with Crippen LogP contribution in [0.3, 0.4) is 0 Å². The summed E-state index contributed by atoms with van der Waals surface area (Å²) < 4.78 is 13.5. The molecule has 0 radical (unpaired) electrons. The molecule has 1 N–H and O–H groups in total. The van der Waals surface area contributed by atoms with Crippen molar-refractivity contribution in [3.8, 4) is 0 Å². The molecule has 1 aromatic rings. The minimum absolute atomic E-state index is 0.0223. The summed E-state index contributed by atoms with van der Waals surface area (Å²) in [6, 6.07) is 6.34. The SMILES string of the molecule is O=C(NC[C@H](Cc1cccc(F)c1)N1CCCC1=O)[C@H]1CC=CCC1. The smallest absolute Gasteiger partial charge is 0.223 e. The van der Waals surface area contributed by atoms with Crippen LogP contribution in [0.1, 0.15) is 37.7 Å². The Labute approximate surface area is 148 Å². The second kappa shape index (κ2) is 8.28. The highest BCUT2D eigenvalue weighted by Crippen LogP contribution is 2.20. The average Bonchev–Trinajstić information content (AvgIpc) is 3.05. The minimum Gasteiger partial charge on any atom is -0.354 e. The van der Waals surface area contributed by atoms with Crippen LogP contribution in [0, 0.1) is 11.7 Å². The number of benzene rings is 1. The molecule has 1 heterocycles. The summed E-state index contributed by atoms with van der Waals surface area (Å²) in [6.45, 7) is 1.13. The van der Waals surface area contributed by atoms with Crippen LogP contribution in [0.2, 0.25) is 0 Å². The standard InChI is InChI=1S/C20H25FN2O2/c21-17-9-4-6-15(12-17)13-18(23-11-5-10-19(23)24)14-22-20(25)16-7-2-1-3-8-16/h1-2,4,6,9,12,16,18H,3,5,7-8,10-11,13-14H2,(H,22,25)/t16-,18-/m0/s1. The van der Waals surface area contributed by atoms with E-state index in [2.05, 4.69) is 17.5 Å². The average molecular weight is 344 g/mol. The first-order valence-electron chi connectivity index (χ1n) is 9.10. The lowest BCUT2D eigenvalue weighted by Gasteiger charge is -2.29. The Hall–Kier alpha value is -2.17. The van der Waals surface area contributed by atoms with E-state index >= 15 is 0 Å². The summed E-state index contributed by atoms with van der Waals surface area (Å²) in [4.78, 5) is 26.4. The van der Waals surface area contributed by atoms with Gasteiger partial charge in [-0.1, -0.05) is 24.3 Å². The summed E-state index contributed by atoms with van der Waals surface area (Å²) in [5.74, 6) is -0.0763. The number of nitrogens with one attached hydrogen (secondary N) is 1. The van der Waals surface area contributed by atoms with E-state index in [1.165, 1.54) is 12.1 Å². The van der Waals surface area contributed by atoms with Crippen molar-refractivity contribution >= 4 is 11.8 Å². The summed E-state index contributed by atoms with van der Waals surface area (Å²) >= 11 is 0. The van der Waals surface area contributed by atoms with E-state index in [-0.39, 0.29) is 29.6 Å². The number of hydrogen-bond donors (Lipinski definition) is 1. The molecule has 1 aromatic carbocycles. The number of nitrogens with zero attached hydrogens (tertiary/aromatic N) is 1. The maximum atomic E-state index is 13.5. The van der Waals surface area contributed by atoms with Gasteiger partial charge in [0.25, 0.3) is 0 Å². The Bertz CT molecular complexity index is 659. The van der Waals surface area contributed by atoms with Crippen LogP contribution in [0.25, 0.3) is 0 Å². The molecule has 1 aliphatic heterocycles. The molecule has 5 heteroatoms. The first-order valence-corrected chi connectivity index (χ1v) is 9.10. The van der Waals surface area contributed by atoms with Gasteiger partial charge in [-0.2, -0.15) is 0 Å². The molecule has 0 unspecified atom stereocenters. The Morgan fingerprint density at radius 3 is 2.92 bits per heavy atom. The Morgan fingerprint density at radius 1 is 1.36 bits per heavy atom. The van der Waals surface area contributed by atoms with Crippen LogP contribution in [0.5, 0.6) is 0 Å². The number of amides is 2. The van der Waals surface area contributed by atoms with Crippen LogP contribution in [-0.4, -0.2) is 35.8 Å². The maximum absolute atomic E-state index is 13.5. The normalized spacial score (nSPS) is 21.4. The van der Waals surface area contributed by atoms with Gasteiger partial charge in [0.2, 0.25) is 11.8 Å². The molecular formula is C20H25FN2O2. The second-order valence-electron chi connectivity index (χ2n) is 6.91. The molecule has 1 fully saturated rings. The van der Waals surface area contributed by atoms with Gasteiger partial charge >= 0.3 is 0 Å². The molecule has 1 aliphatic carbocycles. The Kier molecular flexibility index (Phi) is 5.84. The first kappa shape index (κ1) is 17.6. The molecule has 134 valence electrons. The third-order valence-electron chi connectivity index (χ3n) is 5.06. The highest BCUT2D eigenvalue weighted by atomic mass is 19.1. The molecule has 25 heavy (non-hydrogen) atoms. The monoisotopic (exact) mass is 344 g/mol. The Balaban J connectivity index is 1.64. The van der Waals surface area contributed by atoms with Gasteiger partial charge in [0.05, 0.1) is 6.04 Å². The van der Waals surface area contributed by atoms with Gasteiger partial charge in [-0.15, -0.1) is 0 Å². The summed E-state index contributed by atoms with van der Waals surface area (Å²) in [6.07, 6.45) is 8.72. The topological polar surface area (TPSA) is 49.4 Å². The van der Waals surface area contributed by atoms with Crippen molar-refractivity contribution in [2.75, 3.05) is 13.1 Å². The third kappa shape index (κ3) is 4.68. The van der Waals surface area contributed by atoms with Crippen molar-refractivity contribution in [2.45, 2.75) is 44.6 Å². The lowest BCUT2D eigenvalue weighted by atomic mass is 9.93. The number of halogens is 1. The predicted octanol–water partition coefficient (Wildman–Crippen LogP) is 2.83. The number of rotatable bonds is 6. The molecule has 2 atom stereocenters. The van der Waals surface area contributed by atoms with E-state index in [0.717, 1.165) is 31.2 Å². The van der Waals surface area contributed by atoms with Crippen molar-refractivity contribution in [3.05, 3.63) is 47.8 Å². The number of likely N-dealkylation sites (tertiary alicyclic amines) is 1. The van der Waals surface area contributed by atoms with Crippen LogP contribution < -0.4 is 5.32 Å². The number of carbonyl (C=O) groups excluding carboxylic acids is 2. The molecule has 0 aromatic heterocycles.